The number of aromatic nitrogens is 1. The van der Waals surface area contributed by atoms with Crippen molar-refractivity contribution in [3.05, 3.63) is 53.9 Å². The van der Waals surface area contributed by atoms with E-state index in [-0.39, 0.29) is 61.1 Å². The molecule has 11 nitrogen and oxygen atoms in total. The molecule has 0 aliphatic carbocycles. The van der Waals surface area contributed by atoms with Crippen LogP contribution in [0.4, 0.5) is 0 Å². The summed E-state index contributed by atoms with van der Waals surface area (Å²) in [6.07, 6.45) is 3.43. The molecule has 3 unspecified atom stereocenters. The summed E-state index contributed by atoms with van der Waals surface area (Å²) in [4.78, 5) is 59.3. The zero-order valence-corrected chi connectivity index (χ0v) is 23.4. The summed E-state index contributed by atoms with van der Waals surface area (Å²) in [6, 6.07) is 8.69. The first kappa shape index (κ1) is 28.8. The van der Waals surface area contributed by atoms with E-state index in [0.29, 0.717) is 36.7 Å². The van der Waals surface area contributed by atoms with Gasteiger partial charge in [0.25, 0.3) is 5.91 Å². The van der Waals surface area contributed by atoms with Crippen LogP contribution in [0.2, 0.25) is 0 Å². The van der Waals surface area contributed by atoms with Gasteiger partial charge in [-0.15, -0.1) is 0 Å². The third kappa shape index (κ3) is 6.70. The number of carbonyl (C=O) groups is 4. The number of benzene rings is 1. The molecule has 2 fully saturated rings. The number of nitrogens with one attached hydrogen (secondary N) is 2. The standard InChI is InChI=1S/C29H37N5O6/c1-18(2)40-24-6-5-20(12-25(24)39-4)29(38)34-15-21-14-33(27(36)11-19-7-9-31-10-8-19)17-23(22(21)16-34)28(37)32-13-26(35)30-3/h5-10,12,18,21-23H,11,13-17H2,1-4H3,(H,30,35)(H,32,37). The Morgan fingerprint density at radius 2 is 1.73 bits per heavy atom. The van der Waals surface area contributed by atoms with E-state index < -0.39 is 5.92 Å². The predicted octanol–water partition coefficient (Wildman–Crippen LogP) is 1.13. The van der Waals surface area contributed by atoms with Gasteiger partial charge in [-0.05, 0) is 61.6 Å². The highest BCUT2D eigenvalue weighted by atomic mass is 16.5. The largest absolute Gasteiger partial charge is 0.493 e. The van der Waals surface area contributed by atoms with Crippen molar-refractivity contribution >= 4 is 23.6 Å². The zero-order valence-electron chi connectivity index (χ0n) is 23.4. The van der Waals surface area contributed by atoms with Gasteiger partial charge in [-0.25, -0.2) is 0 Å². The molecule has 4 amide bonds. The first-order valence-corrected chi connectivity index (χ1v) is 13.5. The molecule has 3 heterocycles. The summed E-state index contributed by atoms with van der Waals surface area (Å²) in [5.41, 5.74) is 1.29. The molecule has 4 rings (SSSR count). The fourth-order valence-electron chi connectivity index (χ4n) is 5.43. The van der Waals surface area contributed by atoms with E-state index in [0.717, 1.165) is 5.56 Å². The number of hydrogen-bond donors (Lipinski definition) is 2. The van der Waals surface area contributed by atoms with Crippen LogP contribution >= 0.6 is 0 Å². The number of methoxy groups -OCH3 is 1. The number of pyridine rings is 1. The second kappa shape index (κ2) is 12.8. The molecule has 2 N–H and O–H groups in total. The number of rotatable bonds is 9. The average Bonchev–Trinajstić information content (AvgIpc) is 3.39. The van der Waals surface area contributed by atoms with Crippen molar-refractivity contribution in [2.45, 2.75) is 26.4 Å². The average molecular weight is 552 g/mol. The topological polar surface area (TPSA) is 130 Å². The maximum atomic E-state index is 13.6. The third-order valence-electron chi connectivity index (χ3n) is 7.44. The van der Waals surface area contributed by atoms with Crippen LogP contribution in [0.25, 0.3) is 0 Å². The molecule has 2 aromatic rings. The highest BCUT2D eigenvalue weighted by molar-refractivity contribution is 5.95. The van der Waals surface area contributed by atoms with E-state index in [1.807, 2.05) is 13.8 Å². The summed E-state index contributed by atoms with van der Waals surface area (Å²) in [5, 5.41) is 5.20. The molecule has 1 aromatic heterocycles. The molecular weight excluding hydrogens is 514 g/mol. The van der Waals surface area contributed by atoms with Crippen LogP contribution in [-0.2, 0) is 20.8 Å². The van der Waals surface area contributed by atoms with Crippen molar-refractivity contribution in [1.82, 2.24) is 25.4 Å². The van der Waals surface area contributed by atoms with Gasteiger partial charge in [0.2, 0.25) is 17.7 Å². The summed E-state index contributed by atoms with van der Waals surface area (Å²) in [7, 11) is 3.03. The number of likely N-dealkylation sites (tertiary alicyclic amines) is 2. The Morgan fingerprint density at radius 1 is 1.00 bits per heavy atom. The monoisotopic (exact) mass is 551 g/mol. The van der Waals surface area contributed by atoms with E-state index in [9.17, 15) is 19.2 Å². The lowest BCUT2D eigenvalue weighted by atomic mass is 9.79. The molecule has 2 aliphatic rings. The Kier molecular flexibility index (Phi) is 9.23. The lowest BCUT2D eigenvalue weighted by molar-refractivity contribution is -0.139. The second-order valence-electron chi connectivity index (χ2n) is 10.5. The molecule has 40 heavy (non-hydrogen) atoms. The molecule has 2 aliphatic heterocycles. The number of carbonyl (C=O) groups excluding carboxylic acids is 4. The molecule has 0 saturated carbocycles. The van der Waals surface area contributed by atoms with Crippen molar-refractivity contribution in [2.24, 2.45) is 17.8 Å². The van der Waals surface area contributed by atoms with Crippen LogP contribution < -0.4 is 20.1 Å². The van der Waals surface area contributed by atoms with Gasteiger partial charge in [0.05, 0.1) is 32.1 Å². The van der Waals surface area contributed by atoms with E-state index in [1.54, 1.807) is 52.5 Å². The summed E-state index contributed by atoms with van der Waals surface area (Å²) >= 11 is 0. The Morgan fingerprint density at radius 3 is 2.40 bits per heavy atom. The van der Waals surface area contributed by atoms with Crippen molar-refractivity contribution in [3.8, 4) is 11.5 Å². The number of hydrogen-bond acceptors (Lipinski definition) is 7. The van der Waals surface area contributed by atoms with Crippen LogP contribution in [0.15, 0.2) is 42.7 Å². The van der Waals surface area contributed by atoms with E-state index in [4.69, 9.17) is 9.47 Å². The SMILES string of the molecule is CNC(=O)CNC(=O)C1CN(C(=O)Cc2ccncc2)CC2CN(C(=O)c3ccc(OC(C)C)c(OC)c3)CC21. The van der Waals surface area contributed by atoms with Crippen LogP contribution in [0.5, 0.6) is 11.5 Å². The van der Waals surface area contributed by atoms with Gasteiger partial charge in [-0.2, -0.15) is 0 Å². The number of ether oxygens (including phenoxy) is 2. The molecular formula is C29H37N5O6. The molecule has 0 radical (unpaired) electrons. The first-order chi connectivity index (χ1) is 19.2. The van der Waals surface area contributed by atoms with Gasteiger partial charge in [-0.3, -0.25) is 24.2 Å². The van der Waals surface area contributed by atoms with Crippen LogP contribution in [0.3, 0.4) is 0 Å². The minimum absolute atomic E-state index is 0.0483. The van der Waals surface area contributed by atoms with E-state index in [1.165, 1.54) is 14.2 Å². The number of fused-ring (bicyclic) bond motifs is 1. The molecule has 0 bridgehead atoms. The maximum absolute atomic E-state index is 13.6. The highest BCUT2D eigenvalue weighted by Crippen LogP contribution is 2.37. The van der Waals surface area contributed by atoms with Gasteiger partial charge in [0.1, 0.15) is 0 Å². The van der Waals surface area contributed by atoms with Gasteiger partial charge in [0.15, 0.2) is 11.5 Å². The quantitative estimate of drug-likeness (QED) is 0.478. The lowest BCUT2D eigenvalue weighted by Crippen LogP contribution is -2.54. The van der Waals surface area contributed by atoms with Gasteiger partial charge < -0.3 is 29.9 Å². The second-order valence-corrected chi connectivity index (χ2v) is 10.5. The molecule has 1 aromatic carbocycles. The highest BCUT2D eigenvalue weighted by Gasteiger charge is 2.47. The summed E-state index contributed by atoms with van der Waals surface area (Å²) < 4.78 is 11.2. The Labute approximate surface area is 234 Å². The van der Waals surface area contributed by atoms with Crippen molar-refractivity contribution < 1.29 is 28.7 Å². The molecule has 3 atom stereocenters. The fraction of sp³-hybridized carbons (Fsp3) is 0.483. The lowest BCUT2D eigenvalue weighted by Gasteiger charge is -2.39. The number of piperidine rings is 1. The van der Waals surface area contributed by atoms with E-state index in [2.05, 4.69) is 15.6 Å². The number of likely N-dealkylation sites (N-methyl/N-ethyl adjacent to an activating group) is 1. The minimum Gasteiger partial charge on any atom is -0.493 e. The van der Waals surface area contributed by atoms with Crippen LogP contribution in [-0.4, -0.2) is 91.4 Å². The molecule has 2 saturated heterocycles. The van der Waals surface area contributed by atoms with Crippen LogP contribution in [0, 0.1) is 17.8 Å². The van der Waals surface area contributed by atoms with Gasteiger partial charge >= 0.3 is 0 Å². The maximum Gasteiger partial charge on any atom is 0.254 e. The van der Waals surface area contributed by atoms with Crippen molar-refractivity contribution in [3.63, 3.8) is 0 Å². The first-order valence-electron chi connectivity index (χ1n) is 13.5. The summed E-state index contributed by atoms with van der Waals surface area (Å²) in [6.45, 7) is 5.13. The summed E-state index contributed by atoms with van der Waals surface area (Å²) in [5.74, 6) is -0.648. The Bertz CT molecular complexity index is 1240. The fourth-order valence-corrected chi connectivity index (χ4v) is 5.43. The van der Waals surface area contributed by atoms with Gasteiger partial charge in [0, 0.05) is 51.2 Å². The molecule has 11 heteroatoms. The minimum atomic E-state index is -0.557. The molecule has 0 spiro atoms. The van der Waals surface area contributed by atoms with E-state index >= 15 is 0 Å². The smallest absolute Gasteiger partial charge is 0.254 e. The van der Waals surface area contributed by atoms with Crippen molar-refractivity contribution in [1.29, 1.82) is 0 Å². The Hall–Kier alpha value is -4.15. The van der Waals surface area contributed by atoms with Gasteiger partial charge in [-0.1, -0.05) is 0 Å². The third-order valence-corrected chi connectivity index (χ3v) is 7.44. The number of amides is 4. The Balaban J connectivity index is 1.53. The van der Waals surface area contributed by atoms with Crippen molar-refractivity contribution in [2.75, 3.05) is 46.9 Å². The molecule has 214 valence electrons. The zero-order chi connectivity index (χ0) is 28.8. The number of nitrogens with zero attached hydrogens (tertiary/aromatic N) is 3. The predicted molar refractivity (Wildman–Crippen MR) is 147 cm³/mol. The van der Waals surface area contributed by atoms with Crippen LogP contribution in [0.1, 0.15) is 29.8 Å². The normalized spacial score (nSPS) is 20.1.